The minimum absolute atomic E-state index is 0.0541. The van der Waals surface area contributed by atoms with Gasteiger partial charge in [0.05, 0.1) is 19.8 Å². The molecule has 0 bridgehead atoms. The van der Waals surface area contributed by atoms with Gasteiger partial charge < -0.3 is 14.2 Å². The molecule has 102 valence electrons. The van der Waals surface area contributed by atoms with Crippen molar-refractivity contribution in [1.82, 2.24) is 0 Å². The minimum atomic E-state index is -4.05. The van der Waals surface area contributed by atoms with Gasteiger partial charge >= 0.3 is 5.97 Å². The smallest absolute Gasteiger partial charge is 0.337 e. The van der Waals surface area contributed by atoms with Crippen LogP contribution in [0.5, 0.6) is 0 Å². The molecule has 0 spiro atoms. The van der Waals surface area contributed by atoms with Gasteiger partial charge in [0.15, 0.2) is 0 Å². The molecule has 0 fully saturated rings. The Balaban J connectivity index is 3.29. The van der Waals surface area contributed by atoms with E-state index in [4.69, 9.17) is 14.6 Å². The van der Waals surface area contributed by atoms with Crippen molar-refractivity contribution < 1.29 is 27.4 Å². The fraction of sp³-hybridized carbons (Fsp3) is 0.500. The lowest BCUT2D eigenvalue weighted by Gasteiger charge is -2.30. The summed E-state index contributed by atoms with van der Waals surface area (Å²) in [6.45, 7) is 0. The van der Waals surface area contributed by atoms with Gasteiger partial charge in [0.2, 0.25) is 15.0 Å². The van der Waals surface area contributed by atoms with Crippen molar-refractivity contribution in [2.45, 2.75) is 11.4 Å². The maximum atomic E-state index is 11.6. The predicted octanol–water partition coefficient (Wildman–Crippen LogP) is -0.349. The van der Waals surface area contributed by atoms with Gasteiger partial charge in [-0.25, -0.2) is 18.4 Å². The van der Waals surface area contributed by atoms with E-state index in [2.05, 4.69) is 4.74 Å². The lowest BCUT2D eigenvalue weighted by molar-refractivity contribution is -0.136. The van der Waals surface area contributed by atoms with Crippen LogP contribution in [0.25, 0.3) is 0 Å². The summed E-state index contributed by atoms with van der Waals surface area (Å²) >= 11 is 0. The molecule has 0 aliphatic heterocycles. The molecular formula is C10H15NO6S. The number of methoxy groups -OCH3 is 3. The standard InChI is InChI=1S/C10H15NO6S/c1-15-8-4-5-10(17-3,18(11,13)14)6-7(8)9(12)16-2/h4-5H,6H2,1-3H3,(H2,11,13,14). The Labute approximate surface area is 105 Å². The number of hydrogen-bond donors (Lipinski definition) is 1. The lowest BCUT2D eigenvalue weighted by atomic mass is 10.0. The molecular weight excluding hydrogens is 262 g/mol. The van der Waals surface area contributed by atoms with Crippen LogP contribution in [0.2, 0.25) is 0 Å². The zero-order valence-electron chi connectivity index (χ0n) is 10.3. The highest BCUT2D eigenvalue weighted by molar-refractivity contribution is 7.90. The first-order valence-electron chi connectivity index (χ1n) is 4.93. The third-order valence-corrected chi connectivity index (χ3v) is 4.10. The summed E-state index contributed by atoms with van der Waals surface area (Å²) in [6, 6.07) is 0. The van der Waals surface area contributed by atoms with Gasteiger partial charge in [-0.3, -0.25) is 0 Å². The van der Waals surface area contributed by atoms with Crippen LogP contribution in [-0.2, 0) is 29.0 Å². The van der Waals surface area contributed by atoms with Crippen molar-refractivity contribution in [1.29, 1.82) is 0 Å². The van der Waals surface area contributed by atoms with E-state index in [9.17, 15) is 13.2 Å². The van der Waals surface area contributed by atoms with Gasteiger partial charge in [-0.1, -0.05) is 0 Å². The molecule has 0 saturated heterocycles. The first kappa shape index (κ1) is 14.7. The molecule has 7 nitrogen and oxygen atoms in total. The van der Waals surface area contributed by atoms with Crippen molar-refractivity contribution in [3.8, 4) is 0 Å². The van der Waals surface area contributed by atoms with Crippen molar-refractivity contribution in [3.63, 3.8) is 0 Å². The molecule has 0 aromatic heterocycles. The number of carbonyl (C=O) groups is 1. The van der Waals surface area contributed by atoms with Crippen molar-refractivity contribution >= 4 is 16.0 Å². The number of primary sulfonamides is 1. The average molecular weight is 277 g/mol. The summed E-state index contributed by atoms with van der Waals surface area (Å²) < 4.78 is 37.7. The Morgan fingerprint density at radius 2 is 2.00 bits per heavy atom. The fourth-order valence-corrected chi connectivity index (χ4v) is 2.47. The first-order chi connectivity index (χ1) is 8.31. The van der Waals surface area contributed by atoms with E-state index in [-0.39, 0.29) is 17.8 Å². The van der Waals surface area contributed by atoms with Crippen LogP contribution in [0.3, 0.4) is 0 Å². The highest BCUT2D eigenvalue weighted by Gasteiger charge is 2.44. The molecule has 0 aromatic rings. The summed E-state index contributed by atoms with van der Waals surface area (Å²) in [5.74, 6) is -0.473. The van der Waals surface area contributed by atoms with E-state index in [0.29, 0.717) is 0 Å². The molecule has 0 amide bonds. The van der Waals surface area contributed by atoms with Gasteiger partial charge in [-0.05, 0) is 12.2 Å². The third kappa shape index (κ3) is 2.40. The third-order valence-electron chi connectivity index (χ3n) is 2.69. The van der Waals surface area contributed by atoms with E-state index in [1.54, 1.807) is 0 Å². The zero-order valence-corrected chi connectivity index (χ0v) is 11.1. The van der Waals surface area contributed by atoms with Crippen LogP contribution in [0.1, 0.15) is 6.42 Å². The molecule has 0 radical (unpaired) electrons. The van der Waals surface area contributed by atoms with Crippen LogP contribution in [0.15, 0.2) is 23.5 Å². The second kappa shape index (κ2) is 5.09. The number of sulfonamides is 1. The van der Waals surface area contributed by atoms with Gasteiger partial charge in [-0.15, -0.1) is 0 Å². The molecule has 1 unspecified atom stereocenters. The van der Waals surface area contributed by atoms with Crippen molar-refractivity contribution in [3.05, 3.63) is 23.5 Å². The average Bonchev–Trinajstić information content (AvgIpc) is 2.35. The highest BCUT2D eigenvalue weighted by atomic mass is 32.2. The summed E-state index contributed by atoms with van der Waals surface area (Å²) in [5, 5.41) is 5.13. The second-order valence-electron chi connectivity index (χ2n) is 3.61. The topological polar surface area (TPSA) is 105 Å². The number of carbonyl (C=O) groups excluding carboxylic acids is 1. The quantitative estimate of drug-likeness (QED) is 0.704. The summed E-state index contributed by atoms with van der Waals surface area (Å²) in [7, 11) is -0.307. The van der Waals surface area contributed by atoms with Crippen LogP contribution in [0, 0.1) is 0 Å². The molecule has 18 heavy (non-hydrogen) atoms. The minimum Gasteiger partial charge on any atom is -0.496 e. The Bertz CT molecular complexity index is 506. The number of nitrogens with two attached hydrogens (primary N) is 1. The first-order valence-corrected chi connectivity index (χ1v) is 6.48. The number of rotatable bonds is 4. The van der Waals surface area contributed by atoms with Crippen LogP contribution in [0.4, 0.5) is 0 Å². The maximum absolute atomic E-state index is 11.6. The van der Waals surface area contributed by atoms with E-state index in [1.165, 1.54) is 33.5 Å². The Morgan fingerprint density at radius 3 is 2.39 bits per heavy atom. The summed E-state index contributed by atoms with van der Waals surface area (Å²) in [5.41, 5.74) is 0.0541. The second-order valence-corrected chi connectivity index (χ2v) is 5.39. The molecule has 1 aliphatic rings. The molecule has 2 N–H and O–H groups in total. The van der Waals surface area contributed by atoms with Crippen molar-refractivity contribution in [2.75, 3.05) is 21.3 Å². The zero-order chi connectivity index (χ0) is 14.0. The van der Waals surface area contributed by atoms with E-state index < -0.39 is 20.9 Å². The predicted molar refractivity (Wildman–Crippen MR) is 62.7 cm³/mol. The highest BCUT2D eigenvalue weighted by Crippen LogP contribution is 2.33. The number of allylic oxidation sites excluding steroid dienone is 1. The van der Waals surface area contributed by atoms with E-state index in [0.717, 1.165) is 0 Å². The lowest BCUT2D eigenvalue weighted by Crippen LogP contribution is -2.45. The van der Waals surface area contributed by atoms with Crippen molar-refractivity contribution in [2.24, 2.45) is 5.14 Å². The van der Waals surface area contributed by atoms with Crippen LogP contribution < -0.4 is 5.14 Å². The van der Waals surface area contributed by atoms with Gasteiger partial charge in [0.25, 0.3) is 0 Å². The Hall–Kier alpha value is -1.38. The molecule has 1 atom stereocenters. The van der Waals surface area contributed by atoms with Crippen LogP contribution >= 0.6 is 0 Å². The molecule has 1 aliphatic carbocycles. The number of ether oxygens (including phenoxy) is 3. The maximum Gasteiger partial charge on any atom is 0.337 e. The van der Waals surface area contributed by atoms with E-state index >= 15 is 0 Å². The molecule has 0 aromatic carbocycles. The molecule has 8 heteroatoms. The Kier molecular flexibility index (Phi) is 4.15. The summed E-state index contributed by atoms with van der Waals surface area (Å²) in [6.07, 6.45) is 2.30. The van der Waals surface area contributed by atoms with E-state index in [1.807, 2.05) is 0 Å². The van der Waals surface area contributed by atoms with Gasteiger partial charge in [0.1, 0.15) is 5.76 Å². The monoisotopic (exact) mass is 277 g/mol. The molecule has 0 saturated carbocycles. The Morgan fingerprint density at radius 1 is 1.39 bits per heavy atom. The van der Waals surface area contributed by atoms with Gasteiger partial charge in [0, 0.05) is 13.5 Å². The van der Waals surface area contributed by atoms with Gasteiger partial charge in [-0.2, -0.15) is 0 Å². The SMILES string of the molecule is COC(=O)C1=C(OC)C=CC(OC)(S(N)(=O)=O)C1. The fourth-order valence-electron chi connectivity index (χ4n) is 1.63. The number of esters is 1. The number of hydrogen-bond acceptors (Lipinski definition) is 6. The molecule has 0 heterocycles. The molecule has 1 rings (SSSR count). The van der Waals surface area contributed by atoms with Crippen LogP contribution in [-0.4, -0.2) is 40.6 Å². The summed E-state index contributed by atoms with van der Waals surface area (Å²) in [4.78, 5) is 9.80. The largest absolute Gasteiger partial charge is 0.496 e. The normalized spacial score (nSPS) is 24.0.